The monoisotopic (exact) mass is 384 g/mol. The maximum absolute atomic E-state index is 6.26. The second-order valence-corrected chi connectivity index (χ2v) is 7.21. The predicted molar refractivity (Wildman–Crippen MR) is 104 cm³/mol. The van der Waals surface area contributed by atoms with Crippen LogP contribution in [0.25, 0.3) is 11.3 Å². The van der Waals surface area contributed by atoms with Crippen molar-refractivity contribution in [3.63, 3.8) is 0 Å². The fraction of sp³-hybridized carbons (Fsp3) is 0.286. The molecule has 0 radical (unpaired) electrons. The summed E-state index contributed by atoms with van der Waals surface area (Å²) in [6.45, 7) is 1.97. The zero-order chi connectivity index (χ0) is 18.7. The summed E-state index contributed by atoms with van der Waals surface area (Å²) in [5.74, 6) is 1.56. The molecule has 0 saturated carbocycles. The Hall–Kier alpha value is -2.34. The summed E-state index contributed by atoms with van der Waals surface area (Å²) in [7, 11) is 1.65. The van der Waals surface area contributed by atoms with Crippen LogP contribution in [0.5, 0.6) is 5.75 Å². The van der Waals surface area contributed by atoms with Gasteiger partial charge >= 0.3 is 0 Å². The van der Waals surface area contributed by atoms with Crippen molar-refractivity contribution >= 4 is 11.6 Å². The third kappa shape index (κ3) is 4.00. The topological polar surface area (TPSA) is 56.5 Å². The molecule has 2 aromatic carbocycles. The lowest BCUT2D eigenvalue weighted by Gasteiger charge is -2.42. The van der Waals surface area contributed by atoms with E-state index in [0.717, 1.165) is 39.8 Å². The molecule has 1 saturated heterocycles. The number of hydrogen-bond donors (Lipinski definition) is 1. The molecule has 1 aliphatic heterocycles. The van der Waals surface area contributed by atoms with Crippen LogP contribution in [-0.2, 0) is 17.7 Å². The first-order valence-corrected chi connectivity index (χ1v) is 9.21. The van der Waals surface area contributed by atoms with E-state index in [1.54, 1.807) is 7.11 Å². The standard InChI is InChI=1S/C21H21ClN2O3/c1-25-18-8-6-15(7-9-18)20-10-17(24-27-20)11-21(13-26-14-21)23-12-16-4-2-3-5-19(16)22/h2-10,23H,11-14H2,1H3. The van der Waals surface area contributed by atoms with Gasteiger partial charge in [0.05, 0.1) is 31.6 Å². The molecule has 1 aromatic heterocycles. The van der Waals surface area contributed by atoms with E-state index >= 15 is 0 Å². The molecule has 0 amide bonds. The zero-order valence-electron chi connectivity index (χ0n) is 15.1. The highest BCUT2D eigenvalue weighted by molar-refractivity contribution is 6.31. The Morgan fingerprint density at radius 1 is 1.15 bits per heavy atom. The van der Waals surface area contributed by atoms with Gasteiger partial charge in [0.25, 0.3) is 0 Å². The first-order chi connectivity index (χ1) is 13.2. The first-order valence-electron chi connectivity index (χ1n) is 8.84. The van der Waals surface area contributed by atoms with Crippen LogP contribution in [0.15, 0.2) is 59.1 Å². The lowest BCUT2D eigenvalue weighted by Crippen LogP contribution is -2.61. The molecule has 140 valence electrons. The molecule has 0 bridgehead atoms. The van der Waals surface area contributed by atoms with E-state index in [4.69, 9.17) is 25.6 Å². The minimum Gasteiger partial charge on any atom is -0.497 e. The van der Waals surface area contributed by atoms with Gasteiger partial charge in [0, 0.05) is 29.6 Å². The van der Waals surface area contributed by atoms with E-state index in [1.165, 1.54) is 0 Å². The lowest BCUT2D eigenvalue weighted by atomic mass is 9.90. The summed E-state index contributed by atoms with van der Waals surface area (Å²) >= 11 is 6.26. The number of nitrogens with one attached hydrogen (secondary N) is 1. The summed E-state index contributed by atoms with van der Waals surface area (Å²) in [4.78, 5) is 0. The average molecular weight is 385 g/mol. The molecule has 1 N–H and O–H groups in total. The number of rotatable bonds is 7. The summed E-state index contributed by atoms with van der Waals surface area (Å²) in [5, 5.41) is 8.61. The quantitative estimate of drug-likeness (QED) is 0.664. The Bertz CT molecular complexity index is 904. The Morgan fingerprint density at radius 2 is 1.93 bits per heavy atom. The molecular formula is C21H21ClN2O3. The molecule has 4 rings (SSSR count). The van der Waals surface area contributed by atoms with Gasteiger partial charge in [0.2, 0.25) is 0 Å². The average Bonchev–Trinajstić information content (AvgIpc) is 3.13. The van der Waals surface area contributed by atoms with Gasteiger partial charge in [-0.25, -0.2) is 0 Å². The predicted octanol–water partition coefficient (Wildman–Crippen LogP) is 4.10. The molecule has 27 heavy (non-hydrogen) atoms. The molecular weight excluding hydrogens is 364 g/mol. The second kappa shape index (κ2) is 7.72. The minimum atomic E-state index is -0.146. The third-order valence-corrected chi connectivity index (χ3v) is 5.19. The van der Waals surface area contributed by atoms with E-state index in [9.17, 15) is 0 Å². The molecule has 1 aliphatic rings. The first kappa shape index (κ1) is 18.0. The maximum Gasteiger partial charge on any atom is 0.167 e. The van der Waals surface area contributed by atoms with Crippen molar-refractivity contribution in [2.45, 2.75) is 18.5 Å². The number of hydrogen-bond acceptors (Lipinski definition) is 5. The van der Waals surface area contributed by atoms with Crippen LogP contribution in [-0.4, -0.2) is 31.0 Å². The van der Waals surface area contributed by atoms with Gasteiger partial charge in [-0.2, -0.15) is 0 Å². The number of methoxy groups -OCH3 is 1. The number of halogens is 1. The van der Waals surface area contributed by atoms with Crippen LogP contribution >= 0.6 is 11.6 Å². The number of aromatic nitrogens is 1. The summed E-state index contributed by atoms with van der Waals surface area (Å²) < 4.78 is 16.2. The maximum atomic E-state index is 6.26. The van der Waals surface area contributed by atoms with Gasteiger partial charge in [0.15, 0.2) is 5.76 Å². The molecule has 6 heteroatoms. The summed E-state index contributed by atoms with van der Waals surface area (Å²) in [6.07, 6.45) is 0.733. The SMILES string of the molecule is COc1ccc(-c2cc(CC3(NCc4ccccc4Cl)COC3)no2)cc1. The molecule has 2 heterocycles. The third-order valence-electron chi connectivity index (χ3n) is 4.82. The van der Waals surface area contributed by atoms with Crippen molar-refractivity contribution in [2.24, 2.45) is 0 Å². The normalized spacial score (nSPS) is 15.3. The molecule has 0 atom stereocenters. The highest BCUT2D eigenvalue weighted by Crippen LogP contribution is 2.27. The molecule has 1 fully saturated rings. The van der Waals surface area contributed by atoms with Crippen molar-refractivity contribution in [1.82, 2.24) is 10.5 Å². The fourth-order valence-electron chi connectivity index (χ4n) is 3.17. The molecule has 3 aromatic rings. The number of ether oxygens (including phenoxy) is 2. The van der Waals surface area contributed by atoms with Crippen molar-refractivity contribution in [3.8, 4) is 17.1 Å². The lowest BCUT2D eigenvalue weighted by molar-refractivity contribution is -0.0755. The van der Waals surface area contributed by atoms with Crippen LogP contribution in [0.3, 0.4) is 0 Å². The van der Waals surface area contributed by atoms with Gasteiger partial charge in [-0.15, -0.1) is 0 Å². The van der Waals surface area contributed by atoms with E-state index < -0.39 is 0 Å². The Labute approximate surface area is 163 Å². The Balaban J connectivity index is 1.44. The Kier molecular flexibility index (Phi) is 5.16. The van der Waals surface area contributed by atoms with Crippen molar-refractivity contribution in [3.05, 3.63) is 70.9 Å². The van der Waals surface area contributed by atoms with Crippen LogP contribution < -0.4 is 10.1 Å². The van der Waals surface area contributed by atoms with E-state index in [-0.39, 0.29) is 5.54 Å². The molecule has 5 nitrogen and oxygen atoms in total. The van der Waals surface area contributed by atoms with Crippen molar-refractivity contribution in [2.75, 3.05) is 20.3 Å². The van der Waals surface area contributed by atoms with Gasteiger partial charge in [0.1, 0.15) is 5.75 Å². The minimum absolute atomic E-state index is 0.146. The molecule has 0 aliphatic carbocycles. The van der Waals surface area contributed by atoms with Crippen LogP contribution in [0.4, 0.5) is 0 Å². The molecule has 0 spiro atoms. The second-order valence-electron chi connectivity index (χ2n) is 6.81. The summed E-state index contributed by atoms with van der Waals surface area (Å²) in [6, 6.07) is 17.6. The highest BCUT2D eigenvalue weighted by Gasteiger charge is 2.39. The van der Waals surface area contributed by atoms with Crippen molar-refractivity contribution < 1.29 is 14.0 Å². The van der Waals surface area contributed by atoms with Crippen LogP contribution in [0.1, 0.15) is 11.3 Å². The van der Waals surface area contributed by atoms with Crippen LogP contribution in [0, 0.1) is 0 Å². The van der Waals surface area contributed by atoms with Gasteiger partial charge in [-0.3, -0.25) is 0 Å². The van der Waals surface area contributed by atoms with Crippen LogP contribution in [0.2, 0.25) is 5.02 Å². The Morgan fingerprint density at radius 3 is 2.59 bits per heavy atom. The number of nitrogens with zero attached hydrogens (tertiary/aromatic N) is 1. The zero-order valence-corrected chi connectivity index (χ0v) is 15.8. The fourth-order valence-corrected chi connectivity index (χ4v) is 3.38. The highest BCUT2D eigenvalue weighted by atomic mass is 35.5. The van der Waals surface area contributed by atoms with Gasteiger partial charge < -0.3 is 19.3 Å². The van der Waals surface area contributed by atoms with Gasteiger partial charge in [-0.1, -0.05) is 35.0 Å². The smallest absolute Gasteiger partial charge is 0.167 e. The van der Waals surface area contributed by atoms with Crippen molar-refractivity contribution in [1.29, 1.82) is 0 Å². The molecule has 0 unspecified atom stereocenters. The summed E-state index contributed by atoms with van der Waals surface area (Å²) in [5.41, 5.74) is 2.80. The largest absolute Gasteiger partial charge is 0.497 e. The number of benzene rings is 2. The van der Waals surface area contributed by atoms with Gasteiger partial charge in [-0.05, 0) is 35.9 Å². The van der Waals surface area contributed by atoms with E-state index in [0.29, 0.717) is 19.8 Å². The van der Waals surface area contributed by atoms with E-state index in [1.807, 2.05) is 54.6 Å². The van der Waals surface area contributed by atoms with E-state index in [2.05, 4.69) is 10.5 Å².